The van der Waals surface area contributed by atoms with Gasteiger partial charge in [-0.15, -0.1) is 0 Å². The summed E-state index contributed by atoms with van der Waals surface area (Å²) in [5.41, 5.74) is 2.63. The normalized spacial score (nSPS) is 11.0. The van der Waals surface area contributed by atoms with Crippen molar-refractivity contribution in [3.8, 4) is 17.6 Å². The Balaban J connectivity index is 1.77. The maximum Gasteiger partial charge on any atom is 0.266 e. The van der Waals surface area contributed by atoms with E-state index in [1.807, 2.05) is 12.1 Å². The standard InChI is InChI=1S/C25H19Cl3N2O3/c1-15-19(26)4-3-5-22(15)30-25(31)18(13-29)10-16-7-9-23(24(12-16)32-2)33-14-17-6-8-20(27)21(28)11-17/h3-12H,14H2,1-2H3,(H,30,31)/b18-10+. The van der Waals surface area contributed by atoms with Crippen molar-refractivity contribution in [2.24, 2.45) is 0 Å². The van der Waals surface area contributed by atoms with E-state index in [0.29, 0.717) is 37.8 Å². The molecular formula is C25H19Cl3N2O3. The first kappa shape index (κ1) is 24.5. The molecule has 0 atom stereocenters. The van der Waals surface area contributed by atoms with E-state index in [4.69, 9.17) is 44.3 Å². The maximum atomic E-state index is 12.6. The molecule has 0 aliphatic carbocycles. The van der Waals surface area contributed by atoms with Crippen LogP contribution in [-0.4, -0.2) is 13.0 Å². The van der Waals surface area contributed by atoms with Crippen molar-refractivity contribution in [2.45, 2.75) is 13.5 Å². The van der Waals surface area contributed by atoms with Crippen LogP contribution in [0, 0.1) is 18.3 Å². The second-order valence-electron chi connectivity index (χ2n) is 6.98. The summed E-state index contributed by atoms with van der Waals surface area (Å²) in [5.74, 6) is 0.409. The fourth-order valence-corrected chi connectivity index (χ4v) is 3.43. The third-order valence-electron chi connectivity index (χ3n) is 4.76. The number of anilines is 1. The Morgan fingerprint density at radius 3 is 2.52 bits per heavy atom. The van der Waals surface area contributed by atoms with Crippen molar-refractivity contribution in [1.29, 1.82) is 5.26 Å². The summed E-state index contributed by atoms with van der Waals surface area (Å²) in [5, 5.41) is 13.7. The molecule has 33 heavy (non-hydrogen) atoms. The molecule has 0 aliphatic rings. The van der Waals surface area contributed by atoms with Crippen LogP contribution in [0.15, 0.2) is 60.2 Å². The van der Waals surface area contributed by atoms with Crippen molar-refractivity contribution in [1.82, 2.24) is 0 Å². The smallest absolute Gasteiger partial charge is 0.266 e. The molecule has 3 aromatic rings. The van der Waals surface area contributed by atoms with Gasteiger partial charge in [0.15, 0.2) is 11.5 Å². The van der Waals surface area contributed by atoms with Crippen LogP contribution in [-0.2, 0) is 11.4 Å². The zero-order valence-corrected chi connectivity index (χ0v) is 20.1. The SMILES string of the molecule is COc1cc(/C=C(\C#N)C(=O)Nc2cccc(Cl)c2C)ccc1OCc1ccc(Cl)c(Cl)c1. The average Bonchev–Trinajstić information content (AvgIpc) is 2.81. The minimum Gasteiger partial charge on any atom is -0.493 e. The van der Waals surface area contributed by atoms with Crippen LogP contribution < -0.4 is 14.8 Å². The molecule has 0 aliphatic heterocycles. The number of carbonyl (C=O) groups excluding carboxylic acids is 1. The Bertz CT molecular complexity index is 1270. The first-order chi connectivity index (χ1) is 15.8. The fourth-order valence-electron chi connectivity index (χ4n) is 2.93. The summed E-state index contributed by atoms with van der Waals surface area (Å²) < 4.78 is 11.3. The number of nitrogens with zero attached hydrogens (tertiary/aromatic N) is 1. The summed E-state index contributed by atoms with van der Waals surface area (Å²) in [6.07, 6.45) is 1.47. The summed E-state index contributed by atoms with van der Waals surface area (Å²) in [6.45, 7) is 2.04. The highest BCUT2D eigenvalue weighted by Gasteiger charge is 2.13. The third-order valence-corrected chi connectivity index (χ3v) is 5.91. The molecule has 0 saturated carbocycles. The summed E-state index contributed by atoms with van der Waals surface area (Å²) >= 11 is 18.1. The molecule has 3 aromatic carbocycles. The van der Waals surface area contributed by atoms with E-state index in [0.717, 1.165) is 11.1 Å². The van der Waals surface area contributed by atoms with Crippen LogP contribution in [0.3, 0.4) is 0 Å². The number of carbonyl (C=O) groups is 1. The van der Waals surface area contributed by atoms with Gasteiger partial charge < -0.3 is 14.8 Å². The van der Waals surface area contributed by atoms with Crippen LogP contribution in [0.5, 0.6) is 11.5 Å². The predicted octanol–water partition coefficient (Wildman–Crippen LogP) is 7.09. The zero-order valence-electron chi connectivity index (χ0n) is 17.8. The average molecular weight is 502 g/mol. The van der Waals surface area contributed by atoms with Crippen molar-refractivity contribution in [2.75, 3.05) is 12.4 Å². The van der Waals surface area contributed by atoms with E-state index in [1.165, 1.54) is 13.2 Å². The first-order valence-electron chi connectivity index (χ1n) is 9.75. The second kappa shape index (κ2) is 11.1. The second-order valence-corrected chi connectivity index (χ2v) is 8.21. The number of benzene rings is 3. The fraction of sp³-hybridized carbons (Fsp3) is 0.120. The van der Waals surface area contributed by atoms with Gasteiger partial charge in [0.05, 0.1) is 17.2 Å². The molecule has 1 N–H and O–H groups in total. The molecule has 0 radical (unpaired) electrons. The highest BCUT2D eigenvalue weighted by molar-refractivity contribution is 6.42. The van der Waals surface area contributed by atoms with Gasteiger partial charge in [0.2, 0.25) is 0 Å². The van der Waals surface area contributed by atoms with Crippen LogP contribution in [0.4, 0.5) is 5.69 Å². The van der Waals surface area contributed by atoms with Gasteiger partial charge >= 0.3 is 0 Å². The maximum absolute atomic E-state index is 12.6. The minimum absolute atomic E-state index is 0.0686. The molecule has 3 rings (SSSR count). The van der Waals surface area contributed by atoms with E-state index >= 15 is 0 Å². The summed E-state index contributed by atoms with van der Waals surface area (Å²) in [7, 11) is 1.51. The number of rotatable bonds is 7. The lowest BCUT2D eigenvalue weighted by molar-refractivity contribution is -0.112. The van der Waals surface area contributed by atoms with Crippen LogP contribution in [0.25, 0.3) is 6.08 Å². The molecule has 0 unspecified atom stereocenters. The Kier molecular flexibility index (Phi) is 8.24. The number of ether oxygens (including phenoxy) is 2. The molecule has 0 bridgehead atoms. The lowest BCUT2D eigenvalue weighted by atomic mass is 10.1. The van der Waals surface area contributed by atoms with Gasteiger partial charge in [-0.1, -0.05) is 53.0 Å². The van der Waals surface area contributed by atoms with E-state index < -0.39 is 5.91 Å². The number of amides is 1. The van der Waals surface area contributed by atoms with Crippen molar-refractivity contribution >= 4 is 52.5 Å². The van der Waals surface area contributed by atoms with E-state index in [-0.39, 0.29) is 12.2 Å². The van der Waals surface area contributed by atoms with E-state index in [9.17, 15) is 10.1 Å². The van der Waals surface area contributed by atoms with Gasteiger partial charge in [-0.25, -0.2) is 0 Å². The molecule has 0 fully saturated rings. The zero-order chi connectivity index (χ0) is 24.0. The van der Waals surface area contributed by atoms with Crippen molar-refractivity contribution < 1.29 is 14.3 Å². The van der Waals surface area contributed by atoms with Gasteiger partial charge in [-0.2, -0.15) is 5.26 Å². The van der Waals surface area contributed by atoms with Gasteiger partial charge in [0.25, 0.3) is 5.91 Å². The van der Waals surface area contributed by atoms with Gasteiger partial charge in [-0.3, -0.25) is 4.79 Å². The third kappa shape index (κ3) is 6.21. The number of nitrogens with one attached hydrogen (secondary N) is 1. The Labute approximate surface area is 207 Å². The highest BCUT2D eigenvalue weighted by atomic mass is 35.5. The lowest BCUT2D eigenvalue weighted by Crippen LogP contribution is -2.14. The highest BCUT2D eigenvalue weighted by Crippen LogP contribution is 2.31. The number of hydrogen-bond donors (Lipinski definition) is 1. The largest absolute Gasteiger partial charge is 0.493 e. The molecular weight excluding hydrogens is 483 g/mol. The molecule has 8 heteroatoms. The van der Waals surface area contributed by atoms with Gasteiger partial charge in [0, 0.05) is 10.7 Å². The lowest BCUT2D eigenvalue weighted by Gasteiger charge is -2.12. The molecule has 0 spiro atoms. The van der Waals surface area contributed by atoms with Crippen LogP contribution in [0.2, 0.25) is 15.1 Å². The monoisotopic (exact) mass is 500 g/mol. The van der Waals surface area contributed by atoms with E-state index in [2.05, 4.69) is 5.32 Å². The minimum atomic E-state index is -0.540. The summed E-state index contributed by atoms with van der Waals surface area (Å²) in [4.78, 5) is 12.6. The van der Waals surface area contributed by atoms with Crippen molar-refractivity contribution in [3.63, 3.8) is 0 Å². The number of halogens is 3. The van der Waals surface area contributed by atoms with Crippen LogP contribution in [0.1, 0.15) is 16.7 Å². The molecule has 0 aromatic heterocycles. The predicted molar refractivity (Wildman–Crippen MR) is 132 cm³/mol. The Hall–Kier alpha value is -3.17. The van der Waals surface area contributed by atoms with Gasteiger partial charge in [-0.05, 0) is 66.1 Å². The van der Waals surface area contributed by atoms with Crippen LogP contribution >= 0.6 is 34.8 Å². The summed E-state index contributed by atoms with van der Waals surface area (Å²) in [6, 6.07) is 17.5. The first-order valence-corrected chi connectivity index (χ1v) is 10.9. The van der Waals surface area contributed by atoms with Crippen molar-refractivity contribution in [3.05, 3.63) is 91.9 Å². The Morgan fingerprint density at radius 2 is 1.82 bits per heavy atom. The molecule has 168 valence electrons. The Morgan fingerprint density at radius 1 is 1.03 bits per heavy atom. The molecule has 1 amide bonds. The topological polar surface area (TPSA) is 71.3 Å². The molecule has 0 saturated heterocycles. The quantitative estimate of drug-likeness (QED) is 0.277. The number of hydrogen-bond acceptors (Lipinski definition) is 4. The van der Waals surface area contributed by atoms with Gasteiger partial charge in [0.1, 0.15) is 18.2 Å². The molecule has 5 nitrogen and oxygen atoms in total. The number of nitriles is 1. The van der Waals surface area contributed by atoms with E-state index in [1.54, 1.807) is 55.5 Å². The number of methoxy groups -OCH3 is 1. The molecule has 0 heterocycles.